The first-order valence-electron chi connectivity index (χ1n) is 2.13. The molecule has 86 valence electrons. The van der Waals surface area contributed by atoms with Crippen LogP contribution in [0.2, 0.25) is 0 Å². The summed E-state index contributed by atoms with van der Waals surface area (Å²) >= 11 is 4.64. The van der Waals surface area contributed by atoms with E-state index in [-0.39, 0.29) is 0 Å². The number of halogens is 1. The van der Waals surface area contributed by atoms with Crippen molar-refractivity contribution in [1.29, 1.82) is 0 Å². The van der Waals surface area contributed by atoms with Crippen LogP contribution in [-0.2, 0) is 13.7 Å². The molecule has 0 saturated heterocycles. The van der Waals surface area contributed by atoms with Crippen LogP contribution in [0.4, 0.5) is 0 Å². The van der Waals surface area contributed by atoms with Gasteiger partial charge in [0.15, 0.2) is 0 Å². The Kier molecular flexibility index (Phi) is 39.7. The molecule has 0 aliphatic rings. The minimum absolute atomic E-state index is 1.47. The van der Waals surface area contributed by atoms with Crippen LogP contribution in [0.15, 0.2) is 0 Å². The molecule has 0 atom stereocenters. The van der Waals surface area contributed by atoms with Gasteiger partial charge in [-0.05, 0) is 0 Å². The molecule has 0 amide bonds. The van der Waals surface area contributed by atoms with Crippen molar-refractivity contribution in [3.05, 3.63) is 0 Å². The van der Waals surface area contributed by atoms with Gasteiger partial charge in [0, 0.05) is 20.1 Å². The molecular weight excluding hydrogens is 284 g/mol. The zero-order valence-corrected chi connectivity index (χ0v) is 10.1. The Balaban J connectivity index is -0.0000000492. The van der Waals surface area contributed by atoms with Crippen LogP contribution in [0.5, 0.6) is 0 Å². The lowest BCUT2D eigenvalue weighted by Crippen LogP contribution is -1.38. The Morgan fingerprint density at radius 1 is 0.643 bits per heavy atom. The van der Waals surface area contributed by atoms with Crippen LogP contribution in [0, 0.1) is 0 Å². The molecule has 0 saturated carbocycles. The maximum Gasteiger partial charge on any atom is 0.692 e. The zero-order chi connectivity index (χ0) is 12.7. The standard InChI is InChI=1S/CH3Cl.3HO3P/c1-2;3*1-4(2)3/h1H3;3*(H-,1,2,3)/p+3. The van der Waals surface area contributed by atoms with Gasteiger partial charge >= 0.3 is 24.8 Å². The second-order valence-electron chi connectivity index (χ2n) is 0.758. The Morgan fingerprint density at radius 3 is 0.643 bits per heavy atom. The van der Waals surface area contributed by atoms with Crippen molar-refractivity contribution in [2.24, 2.45) is 0 Å². The van der Waals surface area contributed by atoms with Gasteiger partial charge in [0.2, 0.25) is 0 Å². The van der Waals surface area contributed by atoms with E-state index in [9.17, 15) is 0 Å². The van der Waals surface area contributed by atoms with Gasteiger partial charge in [0.25, 0.3) is 0 Å². The number of hydrogen-bond acceptors (Lipinski definition) is 3. The highest BCUT2D eigenvalue weighted by molar-refractivity contribution is 7.31. The first-order chi connectivity index (χ1) is 6.20. The maximum atomic E-state index is 8.70. The monoisotopic (exact) mass is 293 g/mol. The first kappa shape index (κ1) is 23.9. The molecule has 0 aliphatic carbocycles. The van der Waals surface area contributed by atoms with E-state index in [2.05, 4.69) is 11.6 Å². The summed E-state index contributed by atoms with van der Waals surface area (Å²) in [6.45, 7) is 0. The Morgan fingerprint density at radius 2 is 0.643 bits per heavy atom. The molecule has 0 aromatic rings. The molecule has 0 radical (unpaired) electrons. The molecule has 0 spiro atoms. The van der Waals surface area contributed by atoms with Crippen molar-refractivity contribution < 1.29 is 43.1 Å². The lowest BCUT2D eigenvalue weighted by molar-refractivity contribution is 0.403. The fourth-order valence-electron chi connectivity index (χ4n) is 0. The third-order valence-electron chi connectivity index (χ3n) is 0. The lowest BCUT2D eigenvalue weighted by Gasteiger charge is -1.34. The summed E-state index contributed by atoms with van der Waals surface area (Å²) in [7, 11) is -8.61. The van der Waals surface area contributed by atoms with Gasteiger partial charge < -0.3 is 0 Å². The summed E-state index contributed by atoms with van der Waals surface area (Å²) in [6.07, 6.45) is 1.47. The fraction of sp³-hybridized carbons (Fsp3) is 1.00. The summed E-state index contributed by atoms with van der Waals surface area (Å²) in [6, 6.07) is 0. The SMILES string of the molecule is CCl.O=[P+](O)O.O=[P+](O)O.O=[P+](O)O. The summed E-state index contributed by atoms with van der Waals surface area (Å²) in [4.78, 5) is 42.7. The third-order valence-corrected chi connectivity index (χ3v) is 0. The largest absolute Gasteiger partial charge is 0.692 e. The van der Waals surface area contributed by atoms with E-state index >= 15 is 0 Å². The van der Waals surface area contributed by atoms with Gasteiger partial charge in [-0.25, -0.2) is 0 Å². The molecule has 0 rings (SSSR count). The number of alkyl halides is 1. The summed E-state index contributed by atoms with van der Waals surface area (Å²) in [5.74, 6) is 0. The topological polar surface area (TPSA) is 173 Å². The van der Waals surface area contributed by atoms with E-state index in [0.717, 1.165) is 0 Å². The van der Waals surface area contributed by atoms with E-state index < -0.39 is 24.8 Å². The smallest absolute Gasteiger partial charge is 0.134 e. The van der Waals surface area contributed by atoms with Crippen molar-refractivity contribution in [3.8, 4) is 0 Å². The van der Waals surface area contributed by atoms with E-state index in [4.69, 9.17) is 43.1 Å². The summed E-state index contributed by atoms with van der Waals surface area (Å²) in [5.41, 5.74) is 0. The average Bonchev–Trinajstić information content (AvgIpc) is 1.86. The van der Waals surface area contributed by atoms with Crippen LogP contribution >= 0.6 is 36.4 Å². The molecule has 0 heterocycles. The van der Waals surface area contributed by atoms with Crippen LogP contribution < -0.4 is 0 Å². The Hall–Kier alpha value is 0.350. The molecule has 9 nitrogen and oxygen atoms in total. The van der Waals surface area contributed by atoms with Gasteiger partial charge in [0.1, 0.15) is 0 Å². The quantitative estimate of drug-likeness (QED) is 0.260. The van der Waals surface area contributed by atoms with E-state index in [1.807, 2.05) is 0 Å². The van der Waals surface area contributed by atoms with Gasteiger partial charge in [-0.15, -0.1) is 41.0 Å². The van der Waals surface area contributed by atoms with Gasteiger partial charge in [-0.3, -0.25) is 0 Å². The van der Waals surface area contributed by atoms with Crippen molar-refractivity contribution in [2.45, 2.75) is 0 Å². The molecule has 14 heavy (non-hydrogen) atoms. The predicted octanol–water partition coefficient (Wildman–Crippen LogP) is -0.260. The molecule has 13 heteroatoms. The first-order valence-corrected chi connectivity index (χ1v) is 6.38. The zero-order valence-electron chi connectivity index (χ0n) is 6.63. The van der Waals surface area contributed by atoms with Crippen LogP contribution in [-0.4, -0.2) is 35.7 Å². The Labute approximate surface area is 86.5 Å². The summed E-state index contributed by atoms with van der Waals surface area (Å²) < 4.78 is 26.1. The fourth-order valence-corrected chi connectivity index (χ4v) is 0. The van der Waals surface area contributed by atoms with E-state index in [0.29, 0.717) is 0 Å². The van der Waals surface area contributed by atoms with Crippen molar-refractivity contribution >= 4 is 36.4 Å². The number of rotatable bonds is 0. The molecule has 0 fully saturated rings. The minimum Gasteiger partial charge on any atom is -0.134 e. The Bertz CT molecular complexity index is 118. The van der Waals surface area contributed by atoms with Crippen molar-refractivity contribution in [3.63, 3.8) is 0 Å². The lowest BCUT2D eigenvalue weighted by atomic mass is 12.0. The molecule has 0 aromatic heterocycles. The highest BCUT2D eigenvalue weighted by atomic mass is 35.5. The van der Waals surface area contributed by atoms with E-state index in [1.54, 1.807) is 0 Å². The summed E-state index contributed by atoms with van der Waals surface area (Å²) in [5, 5.41) is 0. The molecule has 0 bridgehead atoms. The highest BCUT2D eigenvalue weighted by Gasteiger charge is 1.93. The molecule has 0 aliphatic heterocycles. The predicted molar refractivity (Wildman–Crippen MR) is 47.9 cm³/mol. The van der Waals surface area contributed by atoms with Gasteiger partial charge in [-0.2, -0.15) is 0 Å². The molecule has 0 aromatic carbocycles. The number of hydrogen-bond donors (Lipinski definition) is 6. The molecule has 6 N–H and O–H groups in total. The van der Waals surface area contributed by atoms with Crippen LogP contribution in [0.3, 0.4) is 0 Å². The van der Waals surface area contributed by atoms with Crippen molar-refractivity contribution in [1.82, 2.24) is 0 Å². The maximum absolute atomic E-state index is 8.70. The van der Waals surface area contributed by atoms with Crippen LogP contribution in [0.1, 0.15) is 0 Å². The molecule has 0 unspecified atom stereocenters. The second-order valence-corrected chi connectivity index (χ2v) is 2.27. The van der Waals surface area contributed by atoms with Crippen molar-refractivity contribution in [2.75, 3.05) is 6.38 Å². The van der Waals surface area contributed by atoms with Gasteiger partial charge in [-0.1, -0.05) is 0 Å². The third kappa shape index (κ3) is 13000. The van der Waals surface area contributed by atoms with Gasteiger partial charge in [0.05, 0.1) is 0 Å². The molecular formula is CH9ClO9P3+3. The minimum atomic E-state index is -2.87. The second kappa shape index (κ2) is 23.3. The normalized spacial score (nSPS) is 6.00. The highest BCUT2D eigenvalue weighted by Crippen LogP contribution is 1.99. The van der Waals surface area contributed by atoms with E-state index in [1.165, 1.54) is 6.38 Å². The average molecular weight is 293 g/mol. The van der Waals surface area contributed by atoms with Crippen LogP contribution in [0.25, 0.3) is 0 Å².